The number of nitro groups is 1. The second-order valence-electron chi connectivity index (χ2n) is 3.57. The first-order chi connectivity index (χ1) is 7.91. The molecule has 0 aliphatic carbocycles. The molecule has 1 heterocycles. The Balaban J connectivity index is 2.58. The smallest absolute Gasteiger partial charge is 0.395 e. The molecule has 0 radical (unpaired) electrons. The maximum Gasteiger partial charge on any atom is 0.395 e. The van der Waals surface area contributed by atoms with Gasteiger partial charge in [-0.2, -0.15) is 0 Å². The molecule has 0 unspecified atom stereocenters. The normalized spacial score (nSPS) is 18.6. The fraction of sp³-hybridized carbons (Fsp3) is 0.200. The second-order valence-corrected chi connectivity index (χ2v) is 3.98. The highest BCUT2D eigenvalue weighted by Crippen LogP contribution is 2.31. The molecule has 6 nitrogen and oxygen atoms in total. The molecule has 1 atom stereocenters. The third kappa shape index (κ3) is 1.76. The minimum Gasteiger partial charge on any atom is -0.420 e. The lowest BCUT2D eigenvalue weighted by molar-refractivity contribution is -0.493. The molecule has 0 spiro atoms. The standard InChI is InChI=1S/C10H6ClNO5/c1-4-2-7-5(3-6(4)11)9(13)8(12(15)16)10(14)17-7/h2-3,8H,1H3/t8-/m1/s1. The van der Waals surface area contributed by atoms with Gasteiger partial charge in [0.05, 0.1) is 5.56 Å². The molecule has 1 aliphatic heterocycles. The Kier molecular flexibility index (Phi) is 2.59. The van der Waals surface area contributed by atoms with Crippen LogP contribution in [0.25, 0.3) is 0 Å². The van der Waals surface area contributed by atoms with Crippen LogP contribution in [0.3, 0.4) is 0 Å². The summed E-state index contributed by atoms with van der Waals surface area (Å²) in [4.78, 5) is 32.6. The molecule has 0 aromatic heterocycles. The van der Waals surface area contributed by atoms with Gasteiger partial charge in [0.2, 0.25) is 0 Å². The summed E-state index contributed by atoms with van der Waals surface area (Å²) in [6, 6.07) is 0.683. The van der Waals surface area contributed by atoms with Gasteiger partial charge in [-0.25, -0.2) is 4.79 Å². The van der Waals surface area contributed by atoms with Crippen LogP contribution in [0, 0.1) is 17.0 Å². The zero-order valence-corrected chi connectivity index (χ0v) is 9.35. The predicted molar refractivity (Wildman–Crippen MR) is 56.9 cm³/mol. The molecule has 7 heteroatoms. The third-order valence-corrected chi connectivity index (χ3v) is 2.83. The van der Waals surface area contributed by atoms with Crippen LogP contribution < -0.4 is 4.74 Å². The first-order valence-corrected chi connectivity index (χ1v) is 4.99. The Morgan fingerprint density at radius 3 is 2.65 bits per heavy atom. The number of rotatable bonds is 1. The number of hydrogen-bond acceptors (Lipinski definition) is 5. The van der Waals surface area contributed by atoms with Crippen LogP contribution in [0.1, 0.15) is 15.9 Å². The Morgan fingerprint density at radius 2 is 2.06 bits per heavy atom. The Labute approximate surface area is 100 Å². The van der Waals surface area contributed by atoms with Crippen molar-refractivity contribution in [3.8, 4) is 5.75 Å². The van der Waals surface area contributed by atoms with E-state index >= 15 is 0 Å². The molecule has 0 saturated heterocycles. The summed E-state index contributed by atoms with van der Waals surface area (Å²) in [6.45, 7) is 1.67. The molecule has 1 aliphatic rings. The molecular formula is C10H6ClNO5. The van der Waals surface area contributed by atoms with Gasteiger partial charge in [-0.3, -0.25) is 14.9 Å². The monoisotopic (exact) mass is 255 g/mol. The molecule has 17 heavy (non-hydrogen) atoms. The molecule has 88 valence electrons. The lowest BCUT2D eigenvalue weighted by Gasteiger charge is -2.17. The van der Waals surface area contributed by atoms with E-state index in [1.807, 2.05) is 0 Å². The highest BCUT2D eigenvalue weighted by atomic mass is 35.5. The summed E-state index contributed by atoms with van der Waals surface area (Å²) in [6.07, 6.45) is 0. The molecule has 0 amide bonds. The van der Waals surface area contributed by atoms with E-state index in [2.05, 4.69) is 0 Å². The van der Waals surface area contributed by atoms with Crippen molar-refractivity contribution in [1.82, 2.24) is 0 Å². The molecular weight excluding hydrogens is 250 g/mol. The number of hydrogen-bond donors (Lipinski definition) is 0. The highest BCUT2D eigenvalue weighted by molar-refractivity contribution is 6.32. The van der Waals surface area contributed by atoms with E-state index in [-0.39, 0.29) is 16.3 Å². The fourth-order valence-electron chi connectivity index (χ4n) is 1.53. The molecule has 0 saturated carbocycles. The first kappa shape index (κ1) is 11.5. The van der Waals surface area contributed by atoms with E-state index in [9.17, 15) is 19.7 Å². The summed E-state index contributed by atoms with van der Waals surface area (Å²) in [5.41, 5.74) is 0.576. The van der Waals surface area contributed by atoms with Gasteiger partial charge >= 0.3 is 12.0 Å². The Hall–Kier alpha value is -1.95. The van der Waals surface area contributed by atoms with Crippen molar-refractivity contribution in [2.75, 3.05) is 0 Å². The highest BCUT2D eigenvalue weighted by Gasteiger charge is 2.46. The first-order valence-electron chi connectivity index (χ1n) is 4.61. The average Bonchev–Trinajstić information content (AvgIpc) is 2.21. The maximum absolute atomic E-state index is 11.7. The SMILES string of the molecule is Cc1cc2c(cc1Cl)C(=O)[C@@H]([N+](=O)[O-])C(=O)O2. The molecule has 1 aromatic carbocycles. The minimum atomic E-state index is -2.00. The van der Waals surface area contributed by atoms with Crippen LogP contribution in [0.5, 0.6) is 5.75 Å². The number of aryl methyl sites for hydroxylation is 1. The minimum absolute atomic E-state index is 0.0139. The topological polar surface area (TPSA) is 86.5 Å². The number of Topliss-reactive ketones (excluding diaryl/α,β-unsaturated/α-hetero) is 1. The molecule has 0 bridgehead atoms. The Bertz CT molecular complexity index is 554. The van der Waals surface area contributed by atoms with E-state index in [4.69, 9.17) is 16.3 Å². The molecule has 1 aromatic rings. The average molecular weight is 256 g/mol. The number of benzene rings is 1. The van der Waals surface area contributed by atoms with Crippen molar-refractivity contribution < 1.29 is 19.2 Å². The van der Waals surface area contributed by atoms with Gasteiger partial charge in [0.15, 0.2) is 0 Å². The summed E-state index contributed by atoms with van der Waals surface area (Å²) in [5, 5.41) is 10.9. The van der Waals surface area contributed by atoms with Crippen LogP contribution in [-0.2, 0) is 4.79 Å². The zero-order valence-electron chi connectivity index (χ0n) is 8.60. The summed E-state index contributed by atoms with van der Waals surface area (Å²) in [5.74, 6) is -2.06. The largest absolute Gasteiger partial charge is 0.420 e. The summed E-state index contributed by atoms with van der Waals surface area (Å²) < 4.78 is 4.75. The molecule has 0 fully saturated rings. The molecule has 2 rings (SSSR count). The number of ether oxygens (including phenoxy) is 1. The summed E-state index contributed by atoms with van der Waals surface area (Å²) >= 11 is 5.81. The van der Waals surface area contributed by atoms with Gasteiger partial charge in [0.25, 0.3) is 5.78 Å². The van der Waals surface area contributed by atoms with Gasteiger partial charge in [-0.1, -0.05) is 11.6 Å². The summed E-state index contributed by atoms with van der Waals surface area (Å²) in [7, 11) is 0. The van der Waals surface area contributed by atoms with Crippen molar-refractivity contribution >= 4 is 23.4 Å². The van der Waals surface area contributed by atoms with Crippen LogP contribution in [0.15, 0.2) is 12.1 Å². The van der Waals surface area contributed by atoms with Crippen molar-refractivity contribution in [3.05, 3.63) is 38.4 Å². The van der Waals surface area contributed by atoms with Crippen molar-refractivity contribution in [2.45, 2.75) is 13.0 Å². The van der Waals surface area contributed by atoms with Crippen LogP contribution in [0.2, 0.25) is 5.02 Å². The van der Waals surface area contributed by atoms with E-state index in [0.717, 1.165) is 0 Å². The van der Waals surface area contributed by atoms with Crippen molar-refractivity contribution in [2.24, 2.45) is 0 Å². The van der Waals surface area contributed by atoms with Crippen LogP contribution in [0.4, 0.5) is 0 Å². The van der Waals surface area contributed by atoms with E-state index in [0.29, 0.717) is 5.56 Å². The second kappa shape index (κ2) is 3.81. The lowest BCUT2D eigenvalue weighted by atomic mass is 9.99. The van der Waals surface area contributed by atoms with E-state index in [1.165, 1.54) is 12.1 Å². The Morgan fingerprint density at radius 1 is 1.41 bits per heavy atom. The number of ketones is 1. The number of carbonyl (C=O) groups excluding carboxylic acids is 2. The van der Waals surface area contributed by atoms with Gasteiger partial charge in [0.1, 0.15) is 5.75 Å². The van der Waals surface area contributed by atoms with Crippen molar-refractivity contribution in [3.63, 3.8) is 0 Å². The van der Waals surface area contributed by atoms with Gasteiger partial charge in [-0.15, -0.1) is 0 Å². The number of halogens is 1. The number of carbonyl (C=O) groups is 2. The third-order valence-electron chi connectivity index (χ3n) is 2.42. The quantitative estimate of drug-likeness (QED) is 0.249. The van der Waals surface area contributed by atoms with E-state index in [1.54, 1.807) is 6.92 Å². The van der Waals surface area contributed by atoms with Gasteiger partial charge in [0, 0.05) is 9.95 Å². The number of fused-ring (bicyclic) bond motifs is 1. The van der Waals surface area contributed by atoms with Gasteiger partial charge in [-0.05, 0) is 24.6 Å². The lowest BCUT2D eigenvalue weighted by Crippen LogP contribution is -2.43. The molecule has 0 N–H and O–H groups in total. The number of esters is 1. The van der Waals surface area contributed by atoms with Crippen LogP contribution >= 0.6 is 11.6 Å². The van der Waals surface area contributed by atoms with Gasteiger partial charge < -0.3 is 4.74 Å². The van der Waals surface area contributed by atoms with Crippen molar-refractivity contribution in [1.29, 1.82) is 0 Å². The number of nitrogens with zero attached hydrogens (tertiary/aromatic N) is 1. The predicted octanol–water partition coefficient (Wildman–Crippen LogP) is 1.40. The fourth-order valence-corrected chi connectivity index (χ4v) is 1.70. The van der Waals surface area contributed by atoms with Crippen LogP contribution in [-0.4, -0.2) is 22.7 Å². The van der Waals surface area contributed by atoms with E-state index < -0.39 is 22.7 Å². The maximum atomic E-state index is 11.7. The zero-order chi connectivity index (χ0) is 12.7.